The average Bonchev–Trinajstić information content (AvgIpc) is 2.30. The topological polar surface area (TPSA) is 12.9 Å². The van der Waals surface area contributed by atoms with E-state index < -0.39 is 0 Å². The van der Waals surface area contributed by atoms with Gasteiger partial charge >= 0.3 is 0 Å². The molecule has 2 rings (SSSR count). The minimum Gasteiger partial charge on any atom is -0.252 e. The van der Waals surface area contributed by atoms with E-state index in [0.29, 0.717) is 0 Å². The standard InChI is InChI=1S/C14H16N.Al.3H/c1-3-11(4-2)14-10-9-12-7-5-6-8-13(12)15-14;;;;/h5-10H,3-4H2,1-2H3;;;;. The van der Waals surface area contributed by atoms with Crippen molar-refractivity contribution in [2.24, 2.45) is 0 Å². The quantitative estimate of drug-likeness (QED) is 0.736. The fourth-order valence-corrected chi connectivity index (χ4v) is 1.88. The fraction of sp³-hybridized carbons (Fsp3) is 0.286. The van der Waals surface area contributed by atoms with Crippen molar-refractivity contribution in [1.82, 2.24) is 4.98 Å². The van der Waals surface area contributed by atoms with Gasteiger partial charge in [-0.15, -0.1) is 0 Å². The van der Waals surface area contributed by atoms with E-state index in [-0.39, 0.29) is 17.4 Å². The average molecular weight is 228 g/mol. The Morgan fingerprint density at radius 3 is 2.38 bits per heavy atom. The summed E-state index contributed by atoms with van der Waals surface area (Å²) in [5.74, 6) is 1.43. The molecule has 0 atom stereocenters. The molecule has 0 unspecified atom stereocenters. The summed E-state index contributed by atoms with van der Waals surface area (Å²) < 4.78 is 0. The molecule has 0 aliphatic carbocycles. The zero-order chi connectivity index (χ0) is 10.7. The monoisotopic (exact) mass is 228 g/mol. The minimum absolute atomic E-state index is 0. The third-order valence-corrected chi connectivity index (χ3v) is 2.81. The fourth-order valence-electron chi connectivity index (χ4n) is 1.88. The Bertz CT molecular complexity index is 449. The molecule has 1 nitrogen and oxygen atoms in total. The zero-order valence-electron chi connectivity index (χ0n) is 9.33. The molecule has 1 radical (unpaired) electrons. The van der Waals surface area contributed by atoms with Crippen LogP contribution in [0.15, 0.2) is 36.4 Å². The van der Waals surface area contributed by atoms with Crippen molar-refractivity contribution >= 4 is 28.3 Å². The Kier molecular flexibility index (Phi) is 4.99. The molecule has 2 heteroatoms. The van der Waals surface area contributed by atoms with Crippen molar-refractivity contribution < 1.29 is 0 Å². The molecule has 0 spiro atoms. The predicted molar refractivity (Wildman–Crippen MR) is 74.6 cm³/mol. The maximum Gasteiger partial charge on any atom is 0.187 e. The third kappa shape index (κ3) is 2.64. The van der Waals surface area contributed by atoms with Gasteiger partial charge in [-0.3, -0.25) is 4.98 Å². The van der Waals surface area contributed by atoms with Crippen molar-refractivity contribution in [3.8, 4) is 0 Å². The van der Waals surface area contributed by atoms with Gasteiger partial charge in [0, 0.05) is 17.0 Å². The van der Waals surface area contributed by atoms with E-state index in [1.165, 1.54) is 11.3 Å². The van der Waals surface area contributed by atoms with Crippen LogP contribution in [0.4, 0.5) is 0 Å². The Hall–Kier alpha value is -0.838. The maximum absolute atomic E-state index is 4.68. The van der Waals surface area contributed by atoms with Crippen LogP contribution in [0.2, 0.25) is 0 Å². The predicted octanol–water partition coefficient (Wildman–Crippen LogP) is 2.79. The first-order chi connectivity index (χ1) is 7.35. The van der Waals surface area contributed by atoms with Crippen LogP contribution in [0.5, 0.6) is 0 Å². The number of para-hydroxylation sites is 1. The van der Waals surface area contributed by atoms with Crippen LogP contribution in [0.25, 0.3) is 10.9 Å². The molecule has 1 aromatic heterocycles. The molecule has 0 aliphatic heterocycles. The summed E-state index contributed by atoms with van der Waals surface area (Å²) in [6.45, 7) is 4.38. The first-order valence-electron chi connectivity index (χ1n) is 5.56. The molecule has 0 amide bonds. The molecule has 0 saturated heterocycles. The number of hydrogen-bond donors (Lipinski definition) is 0. The molecule has 0 aliphatic rings. The van der Waals surface area contributed by atoms with Gasteiger partial charge in [0.15, 0.2) is 17.4 Å². The highest BCUT2D eigenvalue weighted by atomic mass is 27.0. The Balaban J connectivity index is 0.00000128. The lowest BCUT2D eigenvalue weighted by Crippen LogP contribution is -1.99. The molecular weight excluding hydrogens is 209 g/mol. The highest BCUT2D eigenvalue weighted by molar-refractivity contribution is 5.78. The molecule has 16 heavy (non-hydrogen) atoms. The van der Waals surface area contributed by atoms with Crippen LogP contribution >= 0.6 is 0 Å². The first kappa shape index (κ1) is 13.2. The number of hydrogen-bond acceptors (Lipinski definition) is 1. The first-order valence-corrected chi connectivity index (χ1v) is 5.56. The van der Waals surface area contributed by atoms with E-state index >= 15 is 0 Å². The Morgan fingerprint density at radius 1 is 1.00 bits per heavy atom. The van der Waals surface area contributed by atoms with Gasteiger partial charge in [-0.2, -0.15) is 0 Å². The van der Waals surface area contributed by atoms with Gasteiger partial charge in [0.25, 0.3) is 0 Å². The van der Waals surface area contributed by atoms with E-state index in [2.05, 4.69) is 43.1 Å². The molecule has 0 fully saturated rings. The van der Waals surface area contributed by atoms with Gasteiger partial charge in [-0.05, 0) is 25.0 Å². The highest BCUT2D eigenvalue weighted by Crippen LogP contribution is 2.22. The summed E-state index contributed by atoms with van der Waals surface area (Å²) >= 11 is 0. The van der Waals surface area contributed by atoms with Crippen molar-refractivity contribution in [3.05, 3.63) is 48.0 Å². The summed E-state index contributed by atoms with van der Waals surface area (Å²) in [6.07, 6.45) is 2.17. The SMILES string of the molecule is CC[C](CC)c1ccc2ccccc2n1.[AlH3]. The number of nitrogens with zero attached hydrogens (tertiary/aromatic N) is 1. The van der Waals surface area contributed by atoms with Crippen LogP contribution in [0, 0.1) is 5.92 Å². The Morgan fingerprint density at radius 2 is 1.69 bits per heavy atom. The van der Waals surface area contributed by atoms with Crippen LogP contribution in [0.1, 0.15) is 32.4 Å². The molecule has 83 valence electrons. The van der Waals surface area contributed by atoms with Gasteiger partial charge in [-0.1, -0.05) is 38.1 Å². The smallest absolute Gasteiger partial charge is 0.187 e. The van der Waals surface area contributed by atoms with E-state index in [1.54, 1.807) is 0 Å². The van der Waals surface area contributed by atoms with Gasteiger partial charge < -0.3 is 0 Å². The van der Waals surface area contributed by atoms with Crippen LogP contribution in [-0.2, 0) is 0 Å². The van der Waals surface area contributed by atoms with Gasteiger partial charge in [0.05, 0.1) is 5.52 Å². The van der Waals surface area contributed by atoms with Crippen molar-refractivity contribution in [2.75, 3.05) is 0 Å². The van der Waals surface area contributed by atoms with E-state index in [4.69, 9.17) is 0 Å². The van der Waals surface area contributed by atoms with Gasteiger partial charge in [0.2, 0.25) is 0 Å². The maximum atomic E-state index is 4.68. The minimum atomic E-state index is 0. The Labute approximate surface area is 108 Å². The molecule has 2 aromatic rings. The lowest BCUT2D eigenvalue weighted by atomic mass is 9.98. The van der Waals surface area contributed by atoms with Gasteiger partial charge in [0.1, 0.15) is 0 Å². The van der Waals surface area contributed by atoms with Crippen LogP contribution < -0.4 is 0 Å². The molecular formula is C14H19AlN. The molecule has 1 aromatic carbocycles. The summed E-state index contributed by atoms with van der Waals surface area (Å²) in [6, 6.07) is 12.5. The van der Waals surface area contributed by atoms with Crippen molar-refractivity contribution in [1.29, 1.82) is 0 Å². The number of fused-ring (bicyclic) bond motifs is 1. The number of aromatic nitrogens is 1. The number of rotatable bonds is 3. The lowest BCUT2D eigenvalue weighted by molar-refractivity contribution is 0.829. The van der Waals surface area contributed by atoms with Crippen LogP contribution in [-0.4, -0.2) is 22.3 Å². The summed E-state index contributed by atoms with van der Waals surface area (Å²) in [5, 5.41) is 1.22. The third-order valence-electron chi connectivity index (χ3n) is 2.81. The second kappa shape index (κ2) is 6.04. The van der Waals surface area contributed by atoms with Crippen LogP contribution in [0.3, 0.4) is 0 Å². The second-order valence-electron chi connectivity index (χ2n) is 3.70. The van der Waals surface area contributed by atoms with E-state index in [9.17, 15) is 0 Å². The van der Waals surface area contributed by atoms with E-state index in [0.717, 1.165) is 24.1 Å². The molecule has 1 heterocycles. The summed E-state index contributed by atoms with van der Waals surface area (Å²) in [5.41, 5.74) is 2.24. The zero-order valence-corrected chi connectivity index (χ0v) is 9.33. The lowest BCUT2D eigenvalue weighted by Gasteiger charge is -2.11. The number of pyridine rings is 1. The largest absolute Gasteiger partial charge is 0.252 e. The van der Waals surface area contributed by atoms with Crippen molar-refractivity contribution in [3.63, 3.8) is 0 Å². The van der Waals surface area contributed by atoms with Gasteiger partial charge in [-0.25, -0.2) is 0 Å². The number of benzene rings is 1. The molecule has 0 saturated carbocycles. The summed E-state index contributed by atoms with van der Waals surface area (Å²) in [7, 11) is 0. The summed E-state index contributed by atoms with van der Waals surface area (Å²) in [4.78, 5) is 4.68. The normalized spacial score (nSPS) is 10.4. The molecule has 0 bridgehead atoms. The highest BCUT2D eigenvalue weighted by Gasteiger charge is 2.09. The molecule has 0 N–H and O–H groups in total. The van der Waals surface area contributed by atoms with E-state index in [1.807, 2.05) is 12.1 Å². The van der Waals surface area contributed by atoms with Crippen molar-refractivity contribution in [2.45, 2.75) is 26.7 Å². The second-order valence-corrected chi connectivity index (χ2v) is 3.70.